The normalized spacial score (nSPS) is 19.4. The van der Waals surface area contributed by atoms with E-state index >= 15 is 0 Å². The molecule has 0 radical (unpaired) electrons. The van der Waals surface area contributed by atoms with E-state index in [1.165, 1.54) is 35.5 Å². The quantitative estimate of drug-likeness (QED) is 0.792. The summed E-state index contributed by atoms with van der Waals surface area (Å²) in [6, 6.07) is 9.44. The van der Waals surface area contributed by atoms with Crippen molar-refractivity contribution in [2.75, 3.05) is 12.3 Å². The number of hydrogen-bond donors (Lipinski definition) is 1. The zero-order valence-corrected chi connectivity index (χ0v) is 11.7. The molecular weight excluding hydrogens is 226 g/mol. The van der Waals surface area contributed by atoms with Gasteiger partial charge in [-0.1, -0.05) is 38.1 Å². The minimum atomic E-state index is 0.567. The summed E-state index contributed by atoms with van der Waals surface area (Å²) in [6.45, 7) is 5.75. The van der Waals surface area contributed by atoms with Gasteiger partial charge in [0.25, 0.3) is 0 Å². The van der Waals surface area contributed by atoms with E-state index in [-0.39, 0.29) is 0 Å². The van der Waals surface area contributed by atoms with Crippen molar-refractivity contribution < 1.29 is 0 Å². The van der Waals surface area contributed by atoms with Crippen molar-refractivity contribution >= 4 is 11.8 Å². The molecule has 1 aliphatic heterocycles. The van der Waals surface area contributed by atoms with Crippen LogP contribution in [-0.4, -0.2) is 12.3 Å². The van der Waals surface area contributed by atoms with Gasteiger partial charge in [-0.15, -0.1) is 0 Å². The summed E-state index contributed by atoms with van der Waals surface area (Å²) < 4.78 is 0. The van der Waals surface area contributed by atoms with Gasteiger partial charge in [0.15, 0.2) is 0 Å². The Morgan fingerprint density at radius 1 is 1.35 bits per heavy atom. The van der Waals surface area contributed by atoms with Gasteiger partial charge >= 0.3 is 0 Å². The highest BCUT2D eigenvalue weighted by atomic mass is 32.2. The first-order chi connectivity index (χ1) is 8.27. The van der Waals surface area contributed by atoms with E-state index in [2.05, 4.69) is 43.4 Å². The molecule has 0 spiro atoms. The molecule has 0 saturated heterocycles. The van der Waals surface area contributed by atoms with E-state index in [0.29, 0.717) is 6.04 Å². The smallest absolute Gasteiger partial charge is 0.0415 e. The molecule has 0 fully saturated rings. The van der Waals surface area contributed by atoms with Crippen molar-refractivity contribution in [1.29, 1.82) is 0 Å². The van der Waals surface area contributed by atoms with Gasteiger partial charge < -0.3 is 5.32 Å². The lowest BCUT2D eigenvalue weighted by Gasteiger charge is -2.26. The molecule has 1 unspecified atom stereocenters. The first kappa shape index (κ1) is 13.0. The Balaban J connectivity index is 1.86. The SMILES string of the molecule is CC(C)CCCNC1CSCc2ccccc21. The standard InChI is InChI=1S/C15H23NS/c1-12(2)6-5-9-16-15-11-17-10-13-7-3-4-8-14(13)15/h3-4,7-8,12,15-16H,5-6,9-11H2,1-2H3. The number of fused-ring (bicyclic) bond motifs is 1. The van der Waals surface area contributed by atoms with Crippen LogP contribution in [0.4, 0.5) is 0 Å². The van der Waals surface area contributed by atoms with Crippen molar-refractivity contribution in [3.63, 3.8) is 0 Å². The Morgan fingerprint density at radius 3 is 3.00 bits per heavy atom. The second kappa shape index (κ2) is 6.46. The molecule has 1 aliphatic rings. The average molecular weight is 249 g/mol. The zero-order chi connectivity index (χ0) is 12.1. The summed E-state index contributed by atoms with van der Waals surface area (Å²) in [5.41, 5.74) is 3.04. The van der Waals surface area contributed by atoms with Crippen LogP contribution >= 0.6 is 11.8 Å². The van der Waals surface area contributed by atoms with Crippen LogP contribution in [0.25, 0.3) is 0 Å². The zero-order valence-electron chi connectivity index (χ0n) is 10.9. The van der Waals surface area contributed by atoms with E-state index < -0.39 is 0 Å². The molecule has 0 amide bonds. The molecule has 1 nitrogen and oxygen atoms in total. The Labute approximate surface area is 109 Å². The Bertz CT molecular complexity index is 349. The highest BCUT2D eigenvalue weighted by Gasteiger charge is 2.18. The Hall–Kier alpha value is -0.470. The average Bonchev–Trinajstić information content (AvgIpc) is 2.34. The number of nitrogens with one attached hydrogen (secondary N) is 1. The molecule has 0 saturated carbocycles. The second-order valence-electron chi connectivity index (χ2n) is 5.26. The topological polar surface area (TPSA) is 12.0 Å². The summed E-state index contributed by atoms with van der Waals surface area (Å²) in [4.78, 5) is 0. The van der Waals surface area contributed by atoms with Crippen molar-refractivity contribution in [2.45, 2.75) is 38.5 Å². The van der Waals surface area contributed by atoms with Gasteiger partial charge in [0, 0.05) is 17.5 Å². The maximum absolute atomic E-state index is 3.71. The molecule has 2 rings (SSSR count). The van der Waals surface area contributed by atoms with E-state index in [4.69, 9.17) is 0 Å². The molecule has 0 bridgehead atoms. The molecule has 94 valence electrons. The van der Waals surface area contributed by atoms with Gasteiger partial charge in [-0.3, -0.25) is 0 Å². The monoisotopic (exact) mass is 249 g/mol. The maximum Gasteiger partial charge on any atom is 0.0415 e. The van der Waals surface area contributed by atoms with Crippen LogP contribution in [0.3, 0.4) is 0 Å². The van der Waals surface area contributed by atoms with Gasteiger partial charge in [0.1, 0.15) is 0 Å². The van der Waals surface area contributed by atoms with Gasteiger partial charge in [0.05, 0.1) is 0 Å². The number of benzene rings is 1. The van der Waals surface area contributed by atoms with Gasteiger partial charge in [0.2, 0.25) is 0 Å². The Kier molecular flexibility index (Phi) is 4.93. The van der Waals surface area contributed by atoms with Crippen LogP contribution in [0, 0.1) is 5.92 Å². The second-order valence-corrected chi connectivity index (χ2v) is 6.29. The summed E-state index contributed by atoms with van der Waals surface area (Å²) >= 11 is 2.05. The molecule has 1 heterocycles. The maximum atomic E-state index is 3.71. The highest BCUT2D eigenvalue weighted by molar-refractivity contribution is 7.98. The van der Waals surface area contributed by atoms with Crippen molar-refractivity contribution in [3.8, 4) is 0 Å². The third-order valence-electron chi connectivity index (χ3n) is 3.32. The van der Waals surface area contributed by atoms with Crippen LogP contribution in [0.15, 0.2) is 24.3 Å². The van der Waals surface area contributed by atoms with Crippen LogP contribution in [0.2, 0.25) is 0 Å². The van der Waals surface area contributed by atoms with E-state index in [1.807, 2.05) is 11.8 Å². The van der Waals surface area contributed by atoms with Gasteiger partial charge in [-0.05, 0) is 36.4 Å². The largest absolute Gasteiger partial charge is 0.309 e. The first-order valence-corrected chi connectivity index (χ1v) is 7.82. The minimum absolute atomic E-state index is 0.567. The van der Waals surface area contributed by atoms with Gasteiger partial charge in [-0.2, -0.15) is 11.8 Å². The predicted octanol–water partition coefficient (Wildman–Crippen LogP) is 4.00. The number of rotatable bonds is 5. The van der Waals surface area contributed by atoms with E-state index in [9.17, 15) is 0 Å². The van der Waals surface area contributed by atoms with Crippen molar-refractivity contribution in [1.82, 2.24) is 5.32 Å². The molecule has 0 aliphatic carbocycles. The Morgan fingerprint density at radius 2 is 2.18 bits per heavy atom. The fourth-order valence-corrected chi connectivity index (χ4v) is 3.47. The van der Waals surface area contributed by atoms with Crippen LogP contribution in [0.5, 0.6) is 0 Å². The van der Waals surface area contributed by atoms with E-state index in [1.54, 1.807) is 0 Å². The van der Waals surface area contributed by atoms with Crippen LogP contribution in [-0.2, 0) is 5.75 Å². The number of thioether (sulfide) groups is 1. The molecule has 0 aromatic heterocycles. The third-order valence-corrected chi connectivity index (χ3v) is 4.41. The van der Waals surface area contributed by atoms with Crippen molar-refractivity contribution in [2.24, 2.45) is 5.92 Å². The summed E-state index contributed by atoms with van der Waals surface area (Å²) in [5, 5.41) is 3.71. The van der Waals surface area contributed by atoms with Crippen LogP contribution in [0.1, 0.15) is 43.9 Å². The summed E-state index contributed by atoms with van der Waals surface area (Å²) in [6.07, 6.45) is 2.62. The number of hydrogen-bond acceptors (Lipinski definition) is 2. The lowest BCUT2D eigenvalue weighted by atomic mass is 10.0. The molecular formula is C15H23NS. The van der Waals surface area contributed by atoms with Crippen molar-refractivity contribution in [3.05, 3.63) is 35.4 Å². The summed E-state index contributed by atoms with van der Waals surface area (Å²) in [5.74, 6) is 3.23. The first-order valence-electron chi connectivity index (χ1n) is 6.66. The molecule has 1 atom stereocenters. The van der Waals surface area contributed by atoms with E-state index in [0.717, 1.165) is 12.5 Å². The summed E-state index contributed by atoms with van der Waals surface area (Å²) in [7, 11) is 0. The molecule has 17 heavy (non-hydrogen) atoms. The molecule has 2 heteroatoms. The predicted molar refractivity (Wildman–Crippen MR) is 77.4 cm³/mol. The van der Waals surface area contributed by atoms with Gasteiger partial charge in [-0.25, -0.2) is 0 Å². The fourth-order valence-electron chi connectivity index (χ4n) is 2.34. The lowest BCUT2D eigenvalue weighted by Crippen LogP contribution is -2.27. The molecule has 1 N–H and O–H groups in total. The molecule has 1 aromatic carbocycles. The third kappa shape index (κ3) is 3.75. The lowest BCUT2D eigenvalue weighted by molar-refractivity contribution is 0.498. The highest BCUT2D eigenvalue weighted by Crippen LogP contribution is 2.31. The molecule has 1 aromatic rings. The van der Waals surface area contributed by atoms with Crippen LogP contribution < -0.4 is 5.32 Å². The minimum Gasteiger partial charge on any atom is -0.309 e. The fraction of sp³-hybridized carbons (Fsp3) is 0.600.